The molecule has 1 aliphatic carbocycles. The molecule has 136 valence electrons. The maximum atomic E-state index is 12.3. The van der Waals surface area contributed by atoms with Gasteiger partial charge >= 0.3 is 0 Å². The number of nitrogens with zero attached hydrogens (tertiary/aromatic N) is 1. The Kier molecular flexibility index (Phi) is 10.9. The van der Waals surface area contributed by atoms with Crippen molar-refractivity contribution < 1.29 is 4.79 Å². The number of nitrogens with one attached hydrogen (secondary N) is 2. The van der Waals surface area contributed by atoms with E-state index in [0.29, 0.717) is 12.6 Å². The molecule has 0 aromatic carbocycles. The molecule has 0 spiro atoms. The molecule has 5 heteroatoms. The summed E-state index contributed by atoms with van der Waals surface area (Å²) in [4.78, 5) is 14.6. The summed E-state index contributed by atoms with van der Waals surface area (Å²) in [5.41, 5.74) is 0. The van der Waals surface area contributed by atoms with Gasteiger partial charge in [-0.15, -0.1) is 12.4 Å². The first-order valence-corrected chi connectivity index (χ1v) is 9.44. The highest BCUT2D eigenvalue weighted by Crippen LogP contribution is 2.20. The summed E-state index contributed by atoms with van der Waals surface area (Å²) >= 11 is 0. The van der Waals surface area contributed by atoms with Gasteiger partial charge in [0.25, 0.3) is 0 Å². The van der Waals surface area contributed by atoms with Crippen LogP contribution in [0.3, 0.4) is 0 Å². The van der Waals surface area contributed by atoms with Crippen LogP contribution in [0.5, 0.6) is 0 Å². The number of piperidine rings is 1. The molecule has 23 heavy (non-hydrogen) atoms. The lowest BCUT2D eigenvalue weighted by Gasteiger charge is -2.32. The van der Waals surface area contributed by atoms with E-state index >= 15 is 0 Å². The largest absolute Gasteiger partial charge is 0.352 e. The zero-order valence-electron chi connectivity index (χ0n) is 14.8. The molecular formula is C18H36ClN3O. The quantitative estimate of drug-likeness (QED) is 0.778. The van der Waals surface area contributed by atoms with Crippen molar-refractivity contribution in [1.29, 1.82) is 0 Å². The van der Waals surface area contributed by atoms with Crippen LogP contribution in [-0.2, 0) is 4.79 Å². The van der Waals surface area contributed by atoms with E-state index in [1.165, 1.54) is 64.2 Å². The minimum Gasteiger partial charge on any atom is -0.352 e. The first-order valence-electron chi connectivity index (χ1n) is 9.44. The second-order valence-corrected chi connectivity index (χ2v) is 7.22. The van der Waals surface area contributed by atoms with Gasteiger partial charge in [0, 0.05) is 6.04 Å². The van der Waals surface area contributed by atoms with Crippen LogP contribution in [0.4, 0.5) is 0 Å². The maximum absolute atomic E-state index is 12.3. The Bertz CT molecular complexity index is 311. The minimum atomic E-state index is 0. The van der Waals surface area contributed by atoms with Crippen LogP contribution in [0.1, 0.15) is 64.2 Å². The number of carbonyl (C=O) groups excluding carboxylic acids is 1. The highest BCUT2D eigenvalue weighted by Gasteiger charge is 2.21. The molecule has 1 saturated heterocycles. The fourth-order valence-corrected chi connectivity index (χ4v) is 3.86. The predicted octanol–water partition coefficient (Wildman–Crippen LogP) is 2.96. The van der Waals surface area contributed by atoms with Crippen molar-refractivity contribution in [2.24, 2.45) is 5.92 Å². The van der Waals surface area contributed by atoms with Crippen molar-refractivity contribution in [3.63, 3.8) is 0 Å². The molecule has 0 aromatic rings. The molecule has 4 nitrogen and oxygen atoms in total. The maximum Gasteiger partial charge on any atom is 0.234 e. The first kappa shape index (κ1) is 20.7. The molecule has 1 saturated carbocycles. The monoisotopic (exact) mass is 345 g/mol. The Morgan fingerprint density at radius 2 is 1.61 bits per heavy atom. The molecular weight excluding hydrogens is 310 g/mol. The van der Waals surface area contributed by atoms with E-state index in [2.05, 4.69) is 15.5 Å². The molecule has 2 aliphatic rings. The first-order chi connectivity index (χ1) is 10.8. The van der Waals surface area contributed by atoms with Crippen LogP contribution in [-0.4, -0.2) is 50.1 Å². The number of hydrogen-bond donors (Lipinski definition) is 2. The molecule has 1 heterocycles. The van der Waals surface area contributed by atoms with E-state index in [1.54, 1.807) is 0 Å². The molecule has 0 atom stereocenters. The number of hydrogen-bond acceptors (Lipinski definition) is 3. The Morgan fingerprint density at radius 3 is 2.22 bits per heavy atom. The lowest BCUT2D eigenvalue weighted by Crippen LogP contribution is -2.44. The van der Waals surface area contributed by atoms with Gasteiger partial charge in [-0.3, -0.25) is 9.69 Å². The van der Waals surface area contributed by atoms with Crippen LogP contribution >= 0.6 is 12.4 Å². The number of carbonyl (C=O) groups is 1. The third-order valence-electron chi connectivity index (χ3n) is 5.35. The molecule has 1 amide bonds. The van der Waals surface area contributed by atoms with E-state index in [-0.39, 0.29) is 18.3 Å². The molecule has 0 unspecified atom stereocenters. The average Bonchev–Trinajstić information content (AvgIpc) is 2.49. The van der Waals surface area contributed by atoms with Crippen molar-refractivity contribution in [1.82, 2.24) is 15.5 Å². The fraction of sp³-hybridized carbons (Fsp3) is 0.944. The Morgan fingerprint density at radius 1 is 1.00 bits per heavy atom. The highest BCUT2D eigenvalue weighted by atomic mass is 35.5. The Hall–Kier alpha value is -0.320. The standard InChI is InChI=1S/C18H35N3O.ClH/c1-19-12-9-16-10-13-21(14-11-16)15-18(22)20-17-7-5-3-2-4-6-8-17;/h16-17,19H,2-15H2,1H3,(H,20,22);1H. The molecule has 0 radical (unpaired) electrons. The lowest BCUT2D eigenvalue weighted by atomic mass is 9.93. The Labute approximate surface area is 148 Å². The van der Waals surface area contributed by atoms with E-state index in [0.717, 1.165) is 25.6 Å². The number of halogens is 1. The predicted molar refractivity (Wildman–Crippen MR) is 99.2 cm³/mol. The molecule has 0 bridgehead atoms. The van der Waals surface area contributed by atoms with Crippen LogP contribution in [0, 0.1) is 5.92 Å². The van der Waals surface area contributed by atoms with E-state index < -0.39 is 0 Å². The number of likely N-dealkylation sites (tertiary alicyclic amines) is 1. The van der Waals surface area contributed by atoms with Crippen LogP contribution in [0.25, 0.3) is 0 Å². The van der Waals surface area contributed by atoms with Crippen molar-refractivity contribution in [2.75, 3.05) is 33.2 Å². The summed E-state index contributed by atoms with van der Waals surface area (Å²) in [6.07, 6.45) is 12.7. The third kappa shape index (κ3) is 8.37. The smallest absolute Gasteiger partial charge is 0.234 e. The summed E-state index contributed by atoms with van der Waals surface area (Å²) in [5.74, 6) is 1.09. The van der Waals surface area contributed by atoms with E-state index in [9.17, 15) is 4.79 Å². The van der Waals surface area contributed by atoms with Gasteiger partial charge in [-0.1, -0.05) is 32.1 Å². The van der Waals surface area contributed by atoms with Crippen molar-refractivity contribution in [2.45, 2.75) is 70.3 Å². The van der Waals surface area contributed by atoms with Gasteiger partial charge in [-0.2, -0.15) is 0 Å². The van der Waals surface area contributed by atoms with Gasteiger partial charge in [-0.25, -0.2) is 0 Å². The van der Waals surface area contributed by atoms with Gasteiger partial charge in [0.2, 0.25) is 5.91 Å². The summed E-state index contributed by atoms with van der Waals surface area (Å²) in [5, 5.41) is 6.52. The topological polar surface area (TPSA) is 44.4 Å². The van der Waals surface area contributed by atoms with Crippen molar-refractivity contribution in [3.05, 3.63) is 0 Å². The van der Waals surface area contributed by atoms with Crippen molar-refractivity contribution >= 4 is 18.3 Å². The summed E-state index contributed by atoms with van der Waals surface area (Å²) in [6.45, 7) is 3.90. The van der Waals surface area contributed by atoms with Gasteiger partial charge in [0.05, 0.1) is 6.54 Å². The molecule has 2 N–H and O–H groups in total. The average molecular weight is 346 g/mol. The second-order valence-electron chi connectivity index (χ2n) is 7.22. The van der Waals surface area contributed by atoms with Crippen molar-refractivity contribution in [3.8, 4) is 0 Å². The normalized spacial score (nSPS) is 22.0. The SMILES string of the molecule is CNCCC1CCN(CC(=O)NC2CCCCCCC2)CC1.Cl. The zero-order chi connectivity index (χ0) is 15.6. The molecule has 1 aliphatic heterocycles. The highest BCUT2D eigenvalue weighted by molar-refractivity contribution is 5.85. The van der Waals surface area contributed by atoms with Crippen LogP contribution < -0.4 is 10.6 Å². The van der Waals surface area contributed by atoms with Gasteiger partial charge in [-0.05, 0) is 64.7 Å². The van der Waals surface area contributed by atoms with E-state index in [1.807, 2.05) is 7.05 Å². The summed E-state index contributed by atoms with van der Waals surface area (Å²) < 4.78 is 0. The van der Waals surface area contributed by atoms with Crippen LogP contribution in [0.2, 0.25) is 0 Å². The van der Waals surface area contributed by atoms with E-state index in [4.69, 9.17) is 0 Å². The summed E-state index contributed by atoms with van der Waals surface area (Å²) in [7, 11) is 2.02. The number of rotatable bonds is 6. The lowest BCUT2D eigenvalue weighted by molar-refractivity contribution is -0.123. The molecule has 2 rings (SSSR count). The molecule has 2 fully saturated rings. The van der Waals surface area contributed by atoms with Gasteiger partial charge in [0.1, 0.15) is 0 Å². The fourth-order valence-electron chi connectivity index (χ4n) is 3.86. The molecule has 0 aromatic heterocycles. The second kappa shape index (κ2) is 12.1. The minimum absolute atomic E-state index is 0. The van der Waals surface area contributed by atoms with Gasteiger partial charge < -0.3 is 10.6 Å². The Balaban J connectivity index is 0.00000264. The third-order valence-corrected chi connectivity index (χ3v) is 5.35. The van der Waals surface area contributed by atoms with Gasteiger partial charge in [0.15, 0.2) is 0 Å². The summed E-state index contributed by atoms with van der Waals surface area (Å²) in [6, 6.07) is 0.431. The van der Waals surface area contributed by atoms with Crippen LogP contribution in [0.15, 0.2) is 0 Å². The number of amides is 1. The zero-order valence-corrected chi connectivity index (χ0v) is 15.6.